The lowest BCUT2D eigenvalue weighted by atomic mass is 10.00. The van der Waals surface area contributed by atoms with Crippen LogP contribution in [0.5, 0.6) is 5.75 Å². The third kappa shape index (κ3) is 3.24. The van der Waals surface area contributed by atoms with Crippen LogP contribution in [0.15, 0.2) is 42.6 Å². The Kier molecular flexibility index (Phi) is 3.68. The third-order valence-electron chi connectivity index (χ3n) is 3.87. The average Bonchev–Trinajstić information content (AvgIpc) is 2.78. The lowest BCUT2D eigenvalue weighted by molar-refractivity contribution is 0.138. The van der Waals surface area contributed by atoms with E-state index in [9.17, 15) is 0 Å². The third-order valence-corrected chi connectivity index (χ3v) is 3.87. The molecular weight excluding hydrogens is 260 g/mol. The second-order valence-electron chi connectivity index (χ2n) is 6.34. The van der Waals surface area contributed by atoms with Gasteiger partial charge in [0, 0.05) is 25.2 Å². The molecule has 0 saturated carbocycles. The first-order chi connectivity index (χ1) is 10.0. The summed E-state index contributed by atoms with van der Waals surface area (Å²) < 4.78 is 5.91. The second kappa shape index (κ2) is 5.49. The first kappa shape index (κ1) is 14.1. The van der Waals surface area contributed by atoms with Gasteiger partial charge in [-0.2, -0.15) is 0 Å². The number of ether oxygens (including phenoxy) is 1. The average molecular weight is 282 g/mol. The Morgan fingerprint density at radius 3 is 2.90 bits per heavy atom. The molecule has 1 aromatic heterocycles. The molecule has 3 nitrogen and oxygen atoms in total. The van der Waals surface area contributed by atoms with E-state index in [0.717, 1.165) is 24.4 Å². The number of aromatic nitrogens is 1. The highest BCUT2D eigenvalue weighted by atomic mass is 16.5. The van der Waals surface area contributed by atoms with E-state index in [0.29, 0.717) is 0 Å². The van der Waals surface area contributed by atoms with E-state index >= 15 is 0 Å². The molecule has 0 radical (unpaired) electrons. The molecule has 110 valence electrons. The summed E-state index contributed by atoms with van der Waals surface area (Å²) in [5.74, 6) is 1.03. The zero-order valence-electron chi connectivity index (χ0n) is 12.9. The molecule has 0 unspecified atom stereocenters. The van der Waals surface area contributed by atoms with Gasteiger partial charge in [-0.15, -0.1) is 0 Å². The number of pyridine rings is 1. The molecule has 0 fully saturated rings. The number of hydrogen-bond donors (Lipinski definition) is 1. The van der Waals surface area contributed by atoms with E-state index in [4.69, 9.17) is 4.74 Å². The van der Waals surface area contributed by atoms with Crippen LogP contribution in [0.1, 0.15) is 43.6 Å². The minimum absolute atomic E-state index is 0.0738. The van der Waals surface area contributed by atoms with Crippen molar-refractivity contribution in [1.29, 1.82) is 0 Å². The minimum Gasteiger partial charge on any atom is -0.487 e. The van der Waals surface area contributed by atoms with Crippen LogP contribution in [0.25, 0.3) is 0 Å². The molecule has 2 aromatic rings. The van der Waals surface area contributed by atoms with Gasteiger partial charge in [-0.25, -0.2) is 0 Å². The fraction of sp³-hybridized carbons (Fsp3) is 0.389. The number of fused-ring (bicyclic) bond motifs is 1. The highest BCUT2D eigenvalue weighted by molar-refractivity contribution is 5.41. The molecule has 1 aromatic carbocycles. The van der Waals surface area contributed by atoms with E-state index in [1.165, 1.54) is 11.1 Å². The summed E-state index contributed by atoms with van der Waals surface area (Å²) in [5.41, 5.74) is 3.60. The molecule has 0 aliphatic carbocycles. The molecule has 0 spiro atoms. The molecule has 3 rings (SSSR count). The van der Waals surface area contributed by atoms with E-state index < -0.39 is 0 Å². The fourth-order valence-electron chi connectivity index (χ4n) is 2.78. The topological polar surface area (TPSA) is 34.1 Å². The molecule has 21 heavy (non-hydrogen) atoms. The van der Waals surface area contributed by atoms with Crippen molar-refractivity contribution < 1.29 is 4.74 Å². The second-order valence-corrected chi connectivity index (χ2v) is 6.34. The molecule has 0 saturated heterocycles. The first-order valence-corrected chi connectivity index (χ1v) is 7.49. The van der Waals surface area contributed by atoms with Crippen molar-refractivity contribution in [2.24, 2.45) is 0 Å². The number of benzene rings is 1. The summed E-state index contributed by atoms with van der Waals surface area (Å²) in [7, 11) is 0. The molecule has 0 bridgehead atoms. The predicted octanol–water partition coefficient (Wildman–Crippen LogP) is 3.65. The molecule has 1 aliphatic heterocycles. The SMILES string of the molecule is C[C@@H](NCc1ccc2c(c1)CC(C)(C)O2)c1ccccn1. The van der Waals surface area contributed by atoms with Gasteiger partial charge < -0.3 is 10.1 Å². The van der Waals surface area contributed by atoms with Crippen LogP contribution in [0, 0.1) is 0 Å². The zero-order valence-corrected chi connectivity index (χ0v) is 12.9. The van der Waals surface area contributed by atoms with Gasteiger partial charge in [0.1, 0.15) is 11.4 Å². The van der Waals surface area contributed by atoms with Crippen molar-refractivity contribution in [1.82, 2.24) is 10.3 Å². The van der Waals surface area contributed by atoms with Crippen molar-refractivity contribution in [3.63, 3.8) is 0 Å². The molecular formula is C18H22N2O. The number of hydrogen-bond acceptors (Lipinski definition) is 3. The maximum absolute atomic E-state index is 5.91. The summed E-state index contributed by atoms with van der Waals surface area (Å²) in [4.78, 5) is 4.39. The van der Waals surface area contributed by atoms with Crippen LogP contribution >= 0.6 is 0 Å². The predicted molar refractivity (Wildman–Crippen MR) is 84.3 cm³/mol. The molecule has 1 atom stereocenters. The smallest absolute Gasteiger partial charge is 0.123 e. The van der Waals surface area contributed by atoms with Crippen molar-refractivity contribution in [2.75, 3.05) is 0 Å². The highest BCUT2D eigenvalue weighted by Gasteiger charge is 2.29. The van der Waals surface area contributed by atoms with E-state index in [-0.39, 0.29) is 11.6 Å². The molecule has 3 heteroatoms. The highest BCUT2D eigenvalue weighted by Crippen LogP contribution is 2.35. The number of nitrogens with one attached hydrogen (secondary N) is 1. The first-order valence-electron chi connectivity index (χ1n) is 7.49. The van der Waals surface area contributed by atoms with Gasteiger partial charge in [0.15, 0.2) is 0 Å². The monoisotopic (exact) mass is 282 g/mol. The zero-order chi connectivity index (χ0) is 14.9. The van der Waals surface area contributed by atoms with E-state index in [2.05, 4.69) is 55.3 Å². The lowest BCUT2D eigenvalue weighted by Gasteiger charge is -2.16. The van der Waals surface area contributed by atoms with Gasteiger partial charge in [0.2, 0.25) is 0 Å². The van der Waals surface area contributed by atoms with Gasteiger partial charge in [0.25, 0.3) is 0 Å². The van der Waals surface area contributed by atoms with E-state index in [1.54, 1.807) is 0 Å². The van der Waals surface area contributed by atoms with Gasteiger partial charge in [-0.05, 0) is 50.1 Å². The number of nitrogens with zero attached hydrogens (tertiary/aromatic N) is 1. The molecule has 1 N–H and O–H groups in total. The van der Waals surface area contributed by atoms with Crippen molar-refractivity contribution in [2.45, 2.75) is 45.4 Å². The standard InChI is InChI=1S/C18H22N2O/c1-13(16-6-4-5-9-19-16)20-12-14-7-8-17-15(10-14)11-18(2,3)21-17/h4-10,13,20H,11-12H2,1-3H3/t13-/m1/s1. The quantitative estimate of drug-likeness (QED) is 0.929. The van der Waals surface area contributed by atoms with Crippen molar-refractivity contribution >= 4 is 0 Å². The fourth-order valence-corrected chi connectivity index (χ4v) is 2.78. The van der Waals surface area contributed by atoms with Crippen LogP contribution in [0.4, 0.5) is 0 Å². The van der Waals surface area contributed by atoms with Gasteiger partial charge >= 0.3 is 0 Å². The Morgan fingerprint density at radius 2 is 2.14 bits per heavy atom. The molecule has 0 amide bonds. The van der Waals surface area contributed by atoms with Crippen molar-refractivity contribution in [3.8, 4) is 5.75 Å². The maximum Gasteiger partial charge on any atom is 0.123 e. The van der Waals surface area contributed by atoms with Crippen molar-refractivity contribution in [3.05, 3.63) is 59.4 Å². The van der Waals surface area contributed by atoms with E-state index in [1.807, 2.05) is 18.3 Å². The summed E-state index contributed by atoms with van der Waals surface area (Å²) >= 11 is 0. The van der Waals surface area contributed by atoms with Gasteiger partial charge in [-0.1, -0.05) is 18.2 Å². The molecule has 2 heterocycles. The Labute approximate surface area is 126 Å². The largest absolute Gasteiger partial charge is 0.487 e. The van der Waals surface area contributed by atoms with Crippen LogP contribution < -0.4 is 10.1 Å². The van der Waals surface area contributed by atoms with Gasteiger partial charge in [0.05, 0.1) is 5.69 Å². The Bertz CT molecular complexity index is 622. The number of rotatable bonds is 4. The Balaban J connectivity index is 1.65. The molecule has 1 aliphatic rings. The summed E-state index contributed by atoms with van der Waals surface area (Å²) in [6, 6.07) is 12.7. The lowest BCUT2D eigenvalue weighted by Crippen LogP contribution is -2.24. The summed E-state index contributed by atoms with van der Waals surface area (Å²) in [5, 5.41) is 3.52. The minimum atomic E-state index is -0.0738. The maximum atomic E-state index is 5.91. The van der Waals surface area contributed by atoms with Crippen LogP contribution in [-0.2, 0) is 13.0 Å². The van der Waals surface area contributed by atoms with Gasteiger partial charge in [-0.3, -0.25) is 4.98 Å². The Hall–Kier alpha value is -1.87. The van der Waals surface area contributed by atoms with Crippen LogP contribution in [-0.4, -0.2) is 10.6 Å². The van der Waals surface area contributed by atoms with Crippen LogP contribution in [0.3, 0.4) is 0 Å². The normalized spacial score (nSPS) is 17.1. The Morgan fingerprint density at radius 1 is 1.29 bits per heavy atom. The van der Waals surface area contributed by atoms with Crippen LogP contribution in [0.2, 0.25) is 0 Å². The summed E-state index contributed by atoms with van der Waals surface area (Å²) in [6.07, 6.45) is 2.81. The summed E-state index contributed by atoms with van der Waals surface area (Å²) in [6.45, 7) is 7.25.